The lowest BCUT2D eigenvalue weighted by molar-refractivity contribution is -0.0394. The Morgan fingerprint density at radius 2 is 1.80 bits per heavy atom. The van der Waals surface area contributed by atoms with E-state index in [-0.39, 0.29) is 29.7 Å². The Labute approximate surface area is 145 Å². The number of benzene rings is 1. The number of aliphatic hydroxyl groups excluding tert-OH is 3. The maximum absolute atomic E-state index is 12.3. The van der Waals surface area contributed by atoms with Crippen LogP contribution >= 0.6 is 0 Å². The number of hydrogen-bond acceptors (Lipinski definition) is 7. The van der Waals surface area contributed by atoms with E-state index in [2.05, 4.69) is 0 Å². The average molecular weight is 350 g/mol. The van der Waals surface area contributed by atoms with Gasteiger partial charge in [0.05, 0.1) is 6.10 Å². The van der Waals surface area contributed by atoms with Crippen LogP contribution in [-0.2, 0) is 4.74 Å². The number of esters is 1. The third kappa shape index (κ3) is 4.82. The molecule has 0 aromatic heterocycles. The van der Waals surface area contributed by atoms with E-state index < -0.39 is 36.1 Å². The van der Waals surface area contributed by atoms with E-state index in [1.54, 1.807) is 6.92 Å². The zero-order chi connectivity index (χ0) is 18.6. The zero-order valence-corrected chi connectivity index (χ0v) is 13.7. The van der Waals surface area contributed by atoms with Crippen molar-refractivity contribution >= 4 is 12.0 Å². The maximum Gasteiger partial charge on any atom is 0.342 e. The van der Waals surface area contributed by atoms with E-state index in [4.69, 9.17) is 4.74 Å². The number of hydrogen-bond donors (Lipinski definition) is 5. The second-order valence-electron chi connectivity index (χ2n) is 6.00. The number of ether oxygens (including phenoxy) is 1. The Bertz CT molecular complexity index is 680. The fraction of sp³-hybridized carbons (Fsp3) is 0.389. The summed E-state index contributed by atoms with van der Waals surface area (Å²) < 4.78 is 5.27. The van der Waals surface area contributed by atoms with Gasteiger partial charge in [-0.1, -0.05) is 24.3 Å². The molecule has 0 bridgehead atoms. The van der Waals surface area contributed by atoms with Crippen molar-refractivity contribution in [2.75, 3.05) is 0 Å². The van der Waals surface area contributed by atoms with Gasteiger partial charge in [0.1, 0.15) is 35.4 Å². The van der Waals surface area contributed by atoms with Crippen LogP contribution in [0.2, 0.25) is 0 Å². The van der Waals surface area contributed by atoms with Gasteiger partial charge in [0.2, 0.25) is 0 Å². The van der Waals surface area contributed by atoms with Crippen LogP contribution in [0.5, 0.6) is 11.5 Å². The summed E-state index contributed by atoms with van der Waals surface area (Å²) in [5, 5.41) is 49.3. The zero-order valence-electron chi connectivity index (χ0n) is 13.7. The molecule has 0 fully saturated rings. The first-order valence-electron chi connectivity index (χ1n) is 7.94. The molecule has 1 aromatic rings. The van der Waals surface area contributed by atoms with Gasteiger partial charge in [0.15, 0.2) is 0 Å². The highest BCUT2D eigenvalue weighted by Gasteiger charge is 2.23. The van der Waals surface area contributed by atoms with Gasteiger partial charge in [-0.15, -0.1) is 0 Å². The lowest BCUT2D eigenvalue weighted by Gasteiger charge is -2.20. The van der Waals surface area contributed by atoms with Crippen LogP contribution in [0.15, 0.2) is 30.4 Å². The largest absolute Gasteiger partial charge is 0.508 e. The van der Waals surface area contributed by atoms with Crippen molar-refractivity contribution in [3.8, 4) is 11.5 Å². The summed E-state index contributed by atoms with van der Waals surface area (Å²) in [6.45, 7) is 1.64. The first-order chi connectivity index (χ1) is 11.8. The van der Waals surface area contributed by atoms with E-state index in [0.717, 1.165) is 6.07 Å². The lowest BCUT2D eigenvalue weighted by Crippen LogP contribution is -2.35. The van der Waals surface area contributed by atoms with Crippen molar-refractivity contribution in [2.45, 2.75) is 44.2 Å². The number of fused-ring (bicyclic) bond motifs is 1. The monoisotopic (exact) mass is 350 g/mol. The van der Waals surface area contributed by atoms with Crippen molar-refractivity contribution in [3.63, 3.8) is 0 Å². The van der Waals surface area contributed by atoms with Crippen LogP contribution in [0.25, 0.3) is 6.08 Å². The number of phenols is 2. The van der Waals surface area contributed by atoms with E-state index >= 15 is 0 Å². The van der Waals surface area contributed by atoms with Crippen LogP contribution in [0.3, 0.4) is 0 Å². The van der Waals surface area contributed by atoms with Gasteiger partial charge in [0, 0.05) is 12.5 Å². The first kappa shape index (κ1) is 19.0. The van der Waals surface area contributed by atoms with Crippen LogP contribution in [0.4, 0.5) is 0 Å². The Hall–Kier alpha value is -2.35. The Balaban J connectivity index is 2.41. The first-order valence-corrected chi connectivity index (χ1v) is 7.94. The molecule has 7 heteroatoms. The van der Waals surface area contributed by atoms with Crippen LogP contribution in [-0.4, -0.2) is 55.9 Å². The molecule has 2 rings (SSSR count). The van der Waals surface area contributed by atoms with Gasteiger partial charge in [-0.3, -0.25) is 0 Å². The number of carbonyl (C=O) groups is 1. The molecule has 4 atom stereocenters. The third-order valence-corrected chi connectivity index (χ3v) is 3.87. The quantitative estimate of drug-likeness (QED) is 0.350. The fourth-order valence-electron chi connectivity index (χ4n) is 2.50. The molecule has 0 radical (unpaired) electrons. The van der Waals surface area contributed by atoms with E-state index in [1.807, 2.05) is 0 Å². The molecule has 136 valence electrons. The summed E-state index contributed by atoms with van der Waals surface area (Å²) in [4.78, 5) is 12.3. The van der Waals surface area contributed by atoms with Gasteiger partial charge in [0.25, 0.3) is 0 Å². The molecule has 0 aliphatic carbocycles. The molecule has 5 N–H and O–H groups in total. The maximum atomic E-state index is 12.3. The van der Waals surface area contributed by atoms with Crippen LogP contribution in [0, 0.1) is 0 Å². The predicted octanol–water partition coefficient (Wildman–Crippen LogP) is 1.09. The smallest absolute Gasteiger partial charge is 0.342 e. The summed E-state index contributed by atoms with van der Waals surface area (Å²) in [6, 6.07) is 2.32. The average Bonchev–Trinajstić information content (AvgIpc) is 2.52. The number of aliphatic hydroxyl groups is 3. The molecule has 1 aromatic carbocycles. The van der Waals surface area contributed by atoms with E-state index in [9.17, 15) is 30.3 Å². The molecule has 0 saturated heterocycles. The Morgan fingerprint density at radius 3 is 2.52 bits per heavy atom. The van der Waals surface area contributed by atoms with Gasteiger partial charge >= 0.3 is 5.97 Å². The van der Waals surface area contributed by atoms with Gasteiger partial charge in [-0.2, -0.15) is 0 Å². The Kier molecular flexibility index (Phi) is 6.19. The SMILES string of the molecule is C[C@H]1C/C=C/[C@H](O)[C@@H](O)[C@@H](O)C/C=C/c2cc(O)cc(O)c2C(=O)O1. The minimum Gasteiger partial charge on any atom is -0.508 e. The summed E-state index contributed by atoms with van der Waals surface area (Å²) in [5.74, 6) is -1.41. The minimum atomic E-state index is -1.38. The Morgan fingerprint density at radius 1 is 1.08 bits per heavy atom. The molecule has 0 amide bonds. The van der Waals surface area contributed by atoms with Crippen molar-refractivity contribution in [1.82, 2.24) is 0 Å². The third-order valence-electron chi connectivity index (χ3n) is 3.87. The molecule has 1 heterocycles. The number of cyclic esters (lactones) is 1. The number of rotatable bonds is 0. The summed E-state index contributed by atoms with van der Waals surface area (Å²) in [5.41, 5.74) is 0.113. The molecule has 1 aliphatic heterocycles. The minimum absolute atomic E-state index is 0.00657. The van der Waals surface area contributed by atoms with Gasteiger partial charge < -0.3 is 30.3 Å². The molecule has 1 aliphatic rings. The molecule has 7 nitrogen and oxygen atoms in total. The summed E-state index contributed by atoms with van der Waals surface area (Å²) in [6.07, 6.45) is 1.62. The lowest BCUT2D eigenvalue weighted by atomic mass is 10.0. The fourth-order valence-corrected chi connectivity index (χ4v) is 2.50. The van der Waals surface area contributed by atoms with Crippen molar-refractivity contribution in [3.05, 3.63) is 41.5 Å². The van der Waals surface area contributed by atoms with E-state index in [1.165, 1.54) is 30.4 Å². The normalized spacial score (nSPS) is 30.6. The van der Waals surface area contributed by atoms with E-state index in [0.29, 0.717) is 0 Å². The highest BCUT2D eigenvalue weighted by atomic mass is 16.5. The highest BCUT2D eigenvalue weighted by Crippen LogP contribution is 2.29. The molecule has 25 heavy (non-hydrogen) atoms. The van der Waals surface area contributed by atoms with Gasteiger partial charge in [-0.05, 0) is 25.0 Å². The predicted molar refractivity (Wildman–Crippen MR) is 90.1 cm³/mol. The number of phenolic OH excluding ortho intramolecular Hbond substituents is 2. The van der Waals surface area contributed by atoms with Crippen molar-refractivity contribution in [1.29, 1.82) is 0 Å². The molecule has 0 spiro atoms. The molecular weight excluding hydrogens is 328 g/mol. The van der Waals surface area contributed by atoms with Crippen LogP contribution < -0.4 is 0 Å². The van der Waals surface area contributed by atoms with Crippen LogP contribution in [0.1, 0.15) is 35.7 Å². The van der Waals surface area contributed by atoms with Crippen molar-refractivity contribution < 1.29 is 35.1 Å². The second-order valence-corrected chi connectivity index (χ2v) is 6.00. The summed E-state index contributed by atoms with van der Waals surface area (Å²) in [7, 11) is 0. The van der Waals surface area contributed by atoms with Crippen molar-refractivity contribution in [2.24, 2.45) is 0 Å². The number of carbonyl (C=O) groups excluding carboxylic acids is 1. The molecule has 0 unspecified atom stereocenters. The standard InChI is InChI=1S/C18H22O7/c1-10-4-2-6-13(20)17(23)14(21)7-3-5-11-8-12(19)9-15(22)16(11)18(24)25-10/h2-3,5-6,8-10,13-14,17,19-23H,4,7H2,1H3/b5-3+,6-2+/t10-,13-,14-,17+/m0/s1. The summed E-state index contributed by atoms with van der Waals surface area (Å²) >= 11 is 0. The molecular formula is C18H22O7. The van der Waals surface area contributed by atoms with Gasteiger partial charge in [-0.25, -0.2) is 4.79 Å². The topological polar surface area (TPSA) is 127 Å². The number of aromatic hydroxyl groups is 2. The second kappa shape index (κ2) is 8.15. The molecule has 0 saturated carbocycles. The highest BCUT2D eigenvalue weighted by molar-refractivity contribution is 5.97.